The summed E-state index contributed by atoms with van der Waals surface area (Å²) in [6.07, 6.45) is 1.38. The van der Waals surface area contributed by atoms with Crippen LogP contribution in [0.15, 0.2) is 12.3 Å². The van der Waals surface area contributed by atoms with E-state index in [0.717, 1.165) is 0 Å². The molecule has 3 N–H and O–H groups in total. The molecule has 0 bridgehead atoms. The predicted molar refractivity (Wildman–Crippen MR) is 56.9 cm³/mol. The number of carboxylic acids is 1. The van der Waals surface area contributed by atoms with Gasteiger partial charge in [0.1, 0.15) is 5.69 Å². The van der Waals surface area contributed by atoms with Gasteiger partial charge < -0.3 is 10.4 Å². The highest BCUT2D eigenvalue weighted by Crippen LogP contribution is 2.07. The summed E-state index contributed by atoms with van der Waals surface area (Å²) in [5, 5.41) is 17.5. The molecule has 1 aromatic rings. The van der Waals surface area contributed by atoms with Gasteiger partial charge in [0.2, 0.25) is 0 Å². The van der Waals surface area contributed by atoms with E-state index >= 15 is 0 Å². The maximum absolute atomic E-state index is 11.6. The molecule has 6 nitrogen and oxygen atoms in total. The second-order valence-electron chi connectivity index (χ2n) is 3.89. The minimum absolute atomic E-state index is 0.0583. The van der Waals surface area contributed by atoms with Crippen molar-refractivity contribution in [3.8, 4) is 0 Å². The SMILES string of the molecule is CC(C)C(CC(=O)O)NC(=O)c1ccn[nH]1. The molecule has 0 radical (unpaired) electrons. The third-order valence-electron chi connectivity index (χ3n) is 2.26. The monoisotopic (exact) mass is 225 g/mol. The van der Waals surface area contributed by atoms with E-state index in [9.17, 15) is 9.59 Å². The fourth-order valence-corrected chi connectivity index (χ4v) is 1.27. The van der Waals surface area contributed by atoms with Gasteiger partial charge in [-0.3, -0.25) is 14.7 Å². The lowest BCUT2D eigenvalue weighted by atomic mass is 10.0. The van der Waals surface area contributed by atoms with Gasteiger partial charge in [-0.25, -0.2) is 0 Å². The Labute approximate surface area is 93.1 Å². The number of nitrogens with one attached hydrogen (secondary N) is 2. The van der Waals surface area contributed by atoms with E-state index in [1.54, 1.807) is 0 Å². The number of aromatic nitrogens is 2. The Balaban J connectivity index is 2.61. The van der Waals surface area contributed by atoms with Crippen molar-refractivity contribution in [1.29, 1.82) is 0 Å². The molecule has 0 aliphatic carbocycles. The number of aliphatic carboxylic acids is 1. The van der Waals surface area contributed by atoms with Crippen molar-refractivity contribution in [2.75, 3.05) is 0 Å². The topological polar surface area (TPSA) is 95.1 Å². The number of aromatic amines is 1. The van der Waals surface area contributed by atoms with Crippen LogP contribution < -0.4 is 5.32 Å². The zero-order chi connectivity index (χ0) is 12.1. The van der Waals surface area contributed by atoms with Crippen LogP contribution in [0.3, 0.4) is 0 Å². The van der Waals surface area contributed by atoms with Gasteiger partial charge in [0.05, 0.1) is 6.42 Å². The molecular weight excluding hydrogens is 210 g/mol. The summed E-state index contributed by atoms with van der Waals surface area (Å²) in [7, 11) is 0. The van der Waals surface area contributed by atoms with Gasteiger partial charge in [-0.15, -0.1) is 0 Å². The van der Waals surface area contributed by atoms with E-state index < -0.39 is 5.97 Å². The van der Waals surface area contributed by atoms with Gasteiger partial charge >= 0.3 is 5.97 Å². The molecule has 0 saturated carbocycles. The Kier molecular flexibility index (Phi) is 4.04. The summed E-state index contributed by atoms with van der Waals surface area (Å²) in [6.45, 7) is 3.72. The van der Waals surface area contributed by atoms with E-state index in [-0.39, 0.29) is 24.3 Å². The number of rotatable bonds is 5. The average molecular weight is 225 g/mol. The van der Waals surface area contributed by atoms with Crippen molar-refractivity contribution in [3.05, 3.63) is 18.0 Å². The molecule has 0 aromatic carbocycles. The Morgan fingerprint density at radius 3 is 2.69 bits per heavy atom. The molecular formula is C10H15N3O3. The van der Waals surface area contributed by atoms with Crippen molar-refractivity contribution in [2.45, 2.75) is 26.3 Å². The molecule has 1 heterocycles. The number of carbonyl (C=O) groups excluding carboxylic acids is 1. The van der Waals surface area contributed by atoms with Crippen LogP contribution in [-0.4, -0.2) is 33.2 Å². The van der Waals surface area contributed by atoms with Crippen molar-refractivity contribution >= 4 is 11.9 Å². The largest absolute Gasteiger partial charge is 0.481 e. The third-order valence-corrected chi connectivity index (χ3v) is 2.26. The molecule has 1 unspecified atom stereocenters. The predicted octanol–water partition coefficient (Wildman–Crippen LogP) is 0.639. The van der Waals surface area contributed by atoms with Crippen LogP contribution in [0.4, 0.5) is 0 Å². The van der Waals surface area contributed by atoms with Crippen LogP contribution in [0, 0.1) is 5.92 Å². The summed E-state index contributed by atoms with van der Waals surface area (Å²) < 4.78 is 0. The lowest BCUT2D eigenvalue weighted by Crippen LogP contribution is -2.40. The van der Waals surface area contributed by atoms with Crippen molar-refractivity contribution in [3.63, 3.8) is 0 Å². The fourth-order valence-electron chi connectivity index (χ4n) is 1.27. The maximum Gasteiger partial charge on any atom is 0.305 e. The molecule has 1 atom stereocenters. The fraction of sp³-hybridized carbons (Fsp3) is 0.500. The molecule has 0 saturated heterocycles. The van der Waals surface area contributed by atoms with Crippen molar-refractivity contribution in [1.82, 2.24) is 15.5 Å². The Morgan fingerprint density at radius 1 is 1.56 bits per heavy atom. The van der Waals surface area contributed by atoms with Gasteiger partial charge in [-0.05, 0) is 12.0 Å². The highest BCUT2D eigenvalue weighted by Gasteiger charge is 2.20. The third kappa shape index (κ3) is 3.38. The number of hydrogen-bond donors (Lipinski definition) is 3. The summed E-state index contributed by atoms with van der Waals surface area (Å²) >= 11 is 0. The van der Waals surface area contributed by atoms with Gasteiger partial charge in [-0.2, -0.15) is 5.10 Å². The van der Waals surface area contributed by atoms with E-state index in [1.165, 1.54) is 12.3 Å². The standard InChI is InChI=1S/C10H15N3O3/c1-6(2)8(5-9(14)15)12-10(16)7-3-4-11-13-7/h3-4,6,8H,5H2,1-2H3,(H,11,13)(H,12,16)(H,14,15). The van der Waals surface area contributed by atoms with Crippen LogP contribution in [0.5, 0.6) is 0 Å². The van der Waals surface area contributed by atoms with Crippen molar-refractivity contribution < 1.29 is 14.7 Å². The summed E-state index contributed by atoms with van der Waals surface area (Å²) in [6, 6.07) is 1.15. The van der Waals surface area contributed by atoms with Gasteiger partial charge in [0, 0.05) is 12.2 Å². The Bertz CT molecular complexity index is 359. The molecule has 1 rings (SSSR count). The zero-order valence-corrected chi connectivity index (χ0v) is 9.23. The summed E-state index contributed by atoms with van der Waals surface area (Å²) in [5.41, 5.74) is 0.330. The quantitative estimate of drug-likeness (QED) is 0.685. The number of nitrogens with zero attached hydrogens (tertiary/aromatic N) is 1. The smallest absolute Gasteiger partial charge is 0.305 e. The van der Waals surface area contributed by atoms with E-state index in [4.69, 9.17) is 5.11 Å². The minimum Gasteiger partial charge on any atom is -0.481 e. The molecule has 88 valence electrons. The molecule has 0 spiro atoms. The van der Waals surface area contributed by atoms with Gasteiger partial charge in [-0.1, -0.05) is 13.8 Å². The highest BCUT2D eigenvalue weighted by molar-refractivity contribution is 5.92. The Hall–Kier alpha value is -1.85. The van der Waals surface area contributed by atoms with Crippen LogP contribution in [-0.2, 0) is 4.79 Å². The van der Waals surface area contributed by atoms with Crippen molar-refractivity contribution in [2.24, 2.45) is 5.92 Å². The zero-order valence-electron chi connectivity index (χ0n) is 9.23. The molecule has 6 heteroatoms. The molecule has 16 heavy (non-hydrogen) atoms. The lowest BCUT2D eigenvalue weighted by molar-refractivity contribution is -0.137. The van der Waals surface area contributed by atoms with E-state index in [2.05, 4.69) is 15.5 Å². The first-order valence-electron chi connectivity index (χ1n) is 5.02. The number of amides is 1. The Morgan fingerprint density at radius 2 is 2.25 bits per heavy atom. The van der Waals surface area contributed by atoms with Gasteiger partial charge in [0.15, 0.2) is 0 Å². The van der Waals surface area contributed by atoms with Crippen LogP contribution >= 0.6 is 0 Å². The molecule has 1 aromatic heterocycles. The van der Waals surface area contributed by atoms with E-state index in [1.807, 2.05) is 13.8 Å². The molecule has 0 aliphatic rings. The minimum atomic E-state index is -0.927. The van der Waals surface area contributed by atoms with Crippen LogP contribution in [0.25, 0.3) is 0 Å². The normalized spacial score (nSPS) is 12.4. The first-order valence-corrected chi connectivity index (χ1v) is 5.02. The van der Waals surface area contributed by atoms with Crippen LogP contribution in [0.1, 0.15) is 30.8 Å². The lowest BCUT2D eigenvalue weighted by Gasteiger charge is -2.19. The number of H-pyrrole nitrogens is 1. The first-order chi connectivity index (χ1) is 7.50. The maximum atomic E-state index is 11.6. The second kappa shape index (κ2) is 5.29. The molecule has 0 aliphatic heterocycles. The van der Waals surface area contributed by atoms with Crippen LogP contribution in [0.2, 0.25) is 0 Å². The molecule has 0 fully saturated rings. The first kappa shape index (κ1) is 12.2. The number of carboxylic acid groups (broad SMARTS) is 1. The summed E-state index contributed by atoms with van der Waals surface area (Å²) in [5.74, 6) is -1.20. The second-order valence-corrected chi connectivity index (χ2v) is 3.89. The van der Waals surface area contributed by atoms with E-state index in [0.29, 0.717) is 5.69 Å². The number of hydrogen-bond acceptors (Lipinski definition) is 3. The summed E-state index contributed by atoms with van der Waals surface area (Å²) in [4.78, 5) is 22.2. The van der Waals surface area contributed by atoms with Gasteiger partial charge in [0.25, 0.3) is 5.91 Å². The molecule has 1 amide bonds. The average Bonchev–Trinajstić information content (AvgIpc) is 2.68. The number of carbonyl (C=O) groups is 2. The highest BCUT2D eigenvalue weighted by atomic mass is 16.4.